The summed E-state index contributed by atoms with van der Waals surface area (Å²) in [7, 11) is 0. The van der Waals surface area contributed by atoms with Crippen molar-refractivity contribution in [1.29, 1.82) is 0 Å². The maximum Gasteiger partial charge on any atom is 0.300 e. The van der Waals surface area contributed by atoms with Gasteiger partial charge in [0.2, 0.25) is 5.65 Å². The standard InChI is InChI=1S/C18H22N6O2/c1-11-9-23(18-22-17-14(26-18)5-4-7-19-17)10-12(2)24(11)15-6-8-20-16(21-15)13(3)25/h4-8,11-13,25H,9-10H2,1-3H3. The van der Waals surface area contributed by atoms with Crippen LogP contribution in [0.4, 0.5) is 11.8 Å². The van der Waals surface area contributed by atoms with E-state index in [4.69, 9.17) is 4.42 Å². The highest BCUT2D eigenvalue weighted by molar-refractivity contribution is 5.69. The highest BCUT2D eigenvalue weighted by Crippen LogP contribution is 2.28. The van der Waals surface area contributed by atoms with Gasteiger partial charge in [-0.25, -0.2) is 15.0 Å². The zero-order valence-electron chi connectivity index (χ0n) is 15.1. The second-order valence-electron chi connectivity index (χ2n) is 6.78. The number of aromatic nitrogens is 4. The normalized spacial score (nSPS) is 22.0. The van der Waals surface area contributed by atoms with E-state index >= 15 is 0 Å². The molecule has 136 valence electrons. The lowest BCUT2D eigenvalue weighted by Gasteiger charge is -2.44. The minimum absolute atomic E-state index is 0.193. The molecule has 1 fully saturated rings. The molecule has 0 aliphatic carbocycles. The van der Waals surface area contributed by atoms with Crippen LogP contribution in [0.1, 0.15) is 32.7 Å². The third kappa shape index (κ3) is 2.96. The molecule has 1 aliphatic rings. The number of aliphatic hydroxyl groups is 1. The molecule has 0 bridgehead atoms. The molecule has 3 aromatic rings. The molecule has 1 aliphatic heterocycles. The summed E-state index contributed by atoms with van der Waals surface area (Å²) in [4.78, 5) is 21.8. The molecule has 0 spiro atoms. The number of hydrogen-bond acceptors (Lipinski definition) is 8. The van der Waals surface area contributed by atoms with Gasteiger partial charge < -0.3 is 19.3 Å². The Morgan fingerprint density at radius 1 is 1.12 bits per heavy atom. The van der Waals surface area contributed by atoms with E-state index in [1.807, 2.05) is 18.2 Å². The number of aliphatic hydroxyl groups excluding tert-OH is 1. The average molecular weight is 354 g/mol. The fourth-order valence-corrected chi connectivity index (χ4v) is 3.53. The number of nitrogens with zero attached hydrogens (tertiary/aromatic N) is 6. The molecule has 3 aromatic heterocycles. The molecule has 26 heavy (non-hydrogen) atoms. The van der Waals surface area contributed by atoms with Gasteiger partial charge in [0.15, 0.2) is 11.4 Å². The van der Waals surface area contributed by atoms with Crippen molar-refractivity contribution in [3.63, 3.8) is 0 Å². The van der Waals surface area contributed by atoms with Crippen molar-refractivity contribution in [3.05, 3.63) is 36.4 Å². The average Bonchev–Trinajstić information content (AvgIpc) is 3.05. The molecule has 0 saturated carbocycles. The van der Waals surface area contributed by atoms with Crippen LogP contribution in [0.3, 0.4) is 0 Å². The summed E-state index contributed by atoms with van der Waals surface area (Å²) in [5.41, 5.74) is 1.32. The summed E-state index contributed by atoms with van der Waals surface area (Å²) in [6.07, 6.45) is 2.73. The quantitative estimate of drug-likeness (QED) is 0.765. The lowest BCUT2D eigenvalue weighted by Crippen LogP contribution is -2.57. The van der Waals surface area contributed by atoms with Gasteiger partial charge in [-0.15, -0.1) is 0 Å². The molecule has 0 amide bonds. The maximum absolute atomic E-state index is 9.76. The molecule has 0 aromatic carbocycles. The Morgan fingerprint density at radius 3 is 2.58 bits per heavy atom. The Bertz CT molecular complexity index is 866. The van der Waals surface area contributed by atoms with Crippen molar-refractivity contribution in [2.45, 2.75) is 39.0 Å². The van der Waals surface area contributed by atoms with E-state index in [0.717, 1.165) is 18.9 Å². The van der Waals surface area contributed by atoms with Crippen LogP contribution in [0.2, 0.25) is 0 Å². The van der Waals surface area contributed by atoms with E-state index in [2.05, 4.69) is 43.6 Å². The SMILES string of the molecule is CC(O)c1nccc(N2C(C)CN(c3nc4ncccc4o3)CC2C)n1. The van der Waals surface area contributed by atoms with E-state index in [9.17, 15) is 5.11 Å². The molecule has 4 heterocycles. The molecular weight excluding hydrogens is 332 g/mol. The fraction of sp³-hybridized carbons (Fsp3) is 0.444. The van der Waals surface area contributed by atoms with Crippen molar-refractivity contribution < 1.29 is 9.52 Å². The smallest absolute Gasteiger partial charge is 0.300 e. The summed E-state index contributed by atoms with van der Waals surface area (Å²) in [6.45, 7) is 7.48. The first-order chi connectivity index (χ1) is 12.5. The van der Waals surface area contributed by atoms with Crippen LogP contribution in [-0.4, -0.2) is 50.2 Å². The van der Waals surface area contributed by atoms with Gasteiger partial charge >= 0.3 is 0 Å². The maximum atomic E-state index is 9.76. The number of hydrogen-bond donors (Lipinski definition) is 1. The van der Waals surface area contributed by atoms with Crippen molar-refractivity contribution in [3.8, 4) is 0 Å². The predicted molar refractivity (Wildman–Crippen MR) is 98.1 cm³/mol. The molecule has 3 atom stereocenters. The van der Waals surface area contributed by atoms with Crippen LogP contribution in [0, 0.1) is 0 Å². The van der Waals surface area contributed by atoms with Crippen molar-refractivity contribution in [1.82, 2.24) is 19.9 Å². The van der Waals surface area contributed by atoms with Crippen LogP contribution < -0.4 is 9.80 Å². The van der Waals surface area contributed by atoms with Gasteiger partial charge in [0.1, 0.15) is 11.9 Å². The van der Waals surface area contributed by atoms with Gasteiger partial charge in [0.05, 0.1) is 0 Å². The Hall–Kier alpha value is -2.74. The first-order valence-electron chi connectivity index (χ1n) is 8.79. The number of fused-ring (bicyclic) bond motifs is 1. The molecule has 1 saturated heterocycles. The van der Waals surface area contributed by atoms with Gasteiger partial charge in [-0.2, -0.15) is 4.98 Å². The van der Waals surface area contributed by atoms with E-state index in [1.54, 1.807) is 19.3 Å². The summed E-state index contributed by atoms with van der Waals surface area (Å²) >= 11 is 0. The summed E-state index contributed by atoms with van der Waals surface area (Å²) < 4.78 is 5.87. The summed E-state index contributed by atoms with van der Waals surface area (Å²) in [5, 5.41) is 9.76. The second kappa shape index (κ2) is 6.53. The third-order valence-corrected chi connectivity index (χ3v) is 4.64. The first kappa shape index (κ1) is 16.7. The van der Waals surface area contributed by atoms with Crippen LogP contribution in [0.15, 0.2) is 35.0 Å². The van der Waals surface area contributed by atoms with Crippen molar-refractivity contribution in [2.24, 2.45) is 0 Å². The van der Waals surface area contributed by atoms with E-state index in [1.165, 1.54) is 0 Å². The molecule has 3 unspecified atom stereocenters. The van der Waals surface area contributed by atoms with Gasteiger partial charge in [0, 0.05) is 37.6 Å². The lowest BCUT2D eigenvalue weighted by molar-refractivity contribution is 0.189. The van der Waals surface area contributed by atoms with Gasteiger partial charge in [-0.3, -0.25) is 0 Å². The largest absolute Gasteiger partial charge is 0.422 e. The van der Waals surface area contributed by atoms with Crippen LogP contribution in [0.25, 0.3) is 11.2 Å². The van der Waals surface area contributed by atoms with Gasteiger partial charge in [0.25, 0.3) is 6.01 Å². The van der Waals surface area contributed by atoms with Gasteiger partial charge in [-0.1, -0.05) is 0 Å². The Kier molecular flexibility index (Phi) is 4.20. The van der Waals surface area contributed by atoms with E-state index in [0.29, 0.717) is 23.1 Å². The first-order valence-corrected chi connectivity index (χ1v) is 8.79. The van der Waals surface area contributed by atoms with Crippen LogP contribution in [0.5, 0.6) is 0 Å². The monoisotopic (exact) mass is 354 g/mol. The second-order valence-corrected chi connectivity index (χ2v) is 6.78. The zero-order chi connectivity index (χ0) is 18.3. The van der Waals surface area contributed by atoms with Crippen molar-refractivity contribution >= 4 is 23.1 Å². The molecule has 8 nitrogen and oxygen atoms in total. The molecule has 0 radical (unpaired) electrons. The minimum atomic E-state index is -0.686. The Balaban J connectivity index is 1.58. The molecule has 8 heteroatoms. The number of rotatable bonds is 3. The number of pyridine rings is 1. The zero-order valence-corrected chi connectivity index (χ0v) is 15.1. The highest BCUT2D eigenvalue weighted by Gasteiger charge is 2.32. The Labute approximate surface area is 151 Å². The molecule has 1 N–H and O–H groups in total. The van der Waals surface area contributed by atoms with Gasteiger partial charge in [-0.05, 0) is 39.0 Å². The highest BCUT2D eigenvalue weighted by atomic mass is 16.4. The van der Waals surface area contributed by atoms with Crippen LogP contribution >= 0.6 is 0 Å². The topological polar surface area (TPSA) is 91.4 Å². The van der Waals surface area contributed by atoms with E-state index < -0.39 is 6.10 Å². The minimum Gasteiger partial charge on any atom is -0.422 e. The Morgan fingerprint density at radius 2 is 1.88 bits per heavy atom. The molecular formula is C18H22N6O2. The van der Waals surface area contributed by atoms with Crippen LogP contribution in [-0.2, 0) is 0 Å². The molecule has 4 rings (SSSR count). The lowest BCUT2D eigenvalue weighted by atomic mass is 10.1. The predicted octanol–water partition coefficient (Wildman–Crippen LogP) is 2.17. The number of oxazole rings is 1. The number of piperazine rings is 1. The van der Waals surface area contributed by atoms with E-state index in [-0.39, 0.29) is 12.1 Å². The third-order valence-electron chi connectivity index (χ3n) is 4.64. The summed E-state index contributed by atoms with van der Waals surface area (Å²) in [6, 6.07) is 6.59. The fourth-order valence-electron chi connectivity index (χ4n) is 3.53. The summed E-state index contributed by atoms with van der Waals surface area (Å²) in [5.74, 6) is 1.27. The van der Waals surface area contributed by atoms with Crippen molar-refractivity contribution in [2.75, 3.05) is 22.9 Å². The number of anilines is 2.